The SMILES string of the molecule is O=C(Nc1ccc(OC(F)F)cc1)NC1CCN(C(=O)C2CC2)CC1. The number of carbonyl (C=O) groups is 2. The lowest BCUT2D eigenvalue weighted by atomic mass is 10.0. The van der Waals surface area contributed by atoms with Gasteiger partial charge >= 0.3 is 12.6 Å². The van der Waals surface area contributed by atoms with E-state index in [9.17, 15) is 18.4 Å². The smallest absolute Gasteiger partial charge is 0.387 e. The van der Waals surface area contributed by atoms with Gasteiger partial charge in [-0.2, -0.15) is 8.78 Å². The Morgan fingerprint density at radius 2 is 1.72 bits per heavy atom. The molecule has 1 aromatic rings. The number of alkyl halides is 2. The van der Waals surface area contributed by atoms with Gasteiger partial charge in [-0.15, -0.1) is 0 Å². The highest BCUT2D eigenvalue weighted by Crippen LogP contribution is 2.31. The van der Waals surface area contributed by atoms with E-state index in [4.69, 9.17) is 0 Å². The summed E-state index contributed by atoms with van der Waals surface area (Å²) < 4.78 is 28.4. The Labute approximate surface area is 144 Å². The molecular weight excluding hydrogens is 332 g/mol. The van der Waals surface area contributed by atoms with Crippen LogP contribution in [-0.4, -0.2) is 42.6 Å². The standard InChI is InChI=1S/C17H21F2N3O3/c18-16(19)25-14-5-3-12(4-6-14)20-17(24)21-13-7-9-22(10-8-13)15(23)11-1-2-11/h3-6,11,13,16H,1-2,7-10H2,(H2,20,21,24). The third-order valence-corrected chi connectivity index (χ3v) is 4.41. The number of benzene rings is 1. The Balaban J connectivity index is 1.41. The Hall–Kier alpha value is -2.38. The molecule has 1 aromatic carbocycles. The summed E-state index contributed by atoms with van der Waals surface area (Å²) in [6, 6.07) is 5.38. The van der Waals surface area contributed by atoms with Crippen LogP contribution in [0.5, 0.6) is 5.75 Å². The zero-order chi connectivity index (χ0) is 17.8. The Morgan fingerprint density at radius 3 is 2.28 bits per heavy atom. The van der Waals surface area contributed by atoms with Crippen molar-refractivity contribution in [1.29, 1.82) is 0 Å². The van der Waals surface area contributed by atoms with E-state index in [1.54, 1.807) is 0 Å². The monoisotopic (exact) mass is 353 g/mol. The number of anilines is 1. The molecule has 1 aliphatic carbocycles. The summed E-state index contributed by atoms with van der Waals surface area (Å²) in [6.07, 6.45) is 3.46. The number of urea groups is 1. The van der Waals surface area contributed by atoms with Crippen LogP contribution in [0.1, 0.15) is 25.7 Å². The lowest BCUT2D eigenvalue weighted by molar-refractivity contribution is -0.133. The van der Waals surface area contributed by atoms with Crippen molar-refractivity contribution in [3.8, 4) is 5.75 Å². The van der Waals surface area contributed by atoms with Crippen molar-refractivity contribution in [1.82, 2.24) is 10.2 Å². The highest BCUT2D eigenvalue weighted by atomic mass is 19.3. The molecule has 0 bridgehead atoms. The third kappa shape index (κ3) is 5.04. The fourth-order valence-corrected chi connectivity index (χ4v) is 2.90. The van der Waals surface area contributed by atoms with Crippen LogP contribution >= 0.6 is 0 Å². The second kappa shape index (κ2) is 7.67. The zero-order valence-corrected chi connectivity index (χ0v) is 13.7. The molecule has 136 valence electrons. The quantitative estimate of drug-likeness (QED) is 0.855. The van der Waals surface area contributed by atoms with Crippen molar-refractivity contribution >= 4 is 17.6 Å². The molecule has 0 atom stereocenters. The molecule has 0 aromatic heterocycles. The van der Waals surface area contributed by atoms with Crippen LogP contribution in [0.4, 0.5) is 19.3 Å². The normalized spacial score (nSPS) is 18.1. The van der Waals surface area contributed by atoms with Gasteiger partial charge in [0.05, 0.1) is 0 Å². The minimum Gasteiger partial charge on any atom is -0.435 e. The highest BCUT2D eigenvalue weighted by molar-refractivity contribution is 5.89. The minimum absolute atomic E-state index is 0.0182. The number of halogens is 2. The van der Waals surface area contributed by atoms with E-state index in [2.05, 4.69) is 15.4 Å². The summed E-state index contributed by atoms with van der Waals surface area (Å²) in [5.74, 6) is 0.507. The lowest BCUT2D eigenvalue weighted by Gasteiger charge is -2.32. The molecule has 3 amide bonds. The van der Waals surface area contributed by atoms with Crippen LogP contribution in [0, 0.1) is 5.92 Å². The number of hydrogen-bond acceptors (Lipinski definition) is 3. The van der Waals surface area contributed by atoms with Crippen molar-refractivity contribution in [2.24, 2.45) is 5.92 Å². The number of piperidine rings is 1. The number of ether oxygens (including phenoxy) is 1. The Morgan fingerprint density at radius 1 is 1.08 bits per heavy atom. The van der Waals surface area contributed by atoms with Crippen LogP contribution in [0.15, 0.2) is 24.3 Å². The number of hydrogen-bond donors (Lipinski definition) is 2. The molecule has 8 heteroatoms. The van der Waals surface area contributed by atoms with Gasteiger partial charge in [-0.25, -0.2) is 4.79 Å². The van der Waals surface area contributed by atoms with Crippen LogP contribution in [-0.2, 0) is 4.79 Å². The van der Waals surface area contributed by atoms with Crippen LogP contribution in [0.2, 0.25) is 0 Å². The topological polar surface area (TPSA) is 70.7 Å². The molecular formula is C17H21F2N3O3. The molecule has 6 nitrogen and oxygen atoms in total. The van der Waals surface area contributed by atoms with Gasteiger partial charge in [-0.1, -0.05) is 0 Å². The zero-order valence-electron chi connectivity index (χ0n) is 13.7. The van der Waals surface area contributed by atoms with Crippen molar-refractivity contribution in [2.45, 2.75) is 38.3 Å². The molecule has 1 heterocycles. The first kappa shape index (κ1) is 17.4. The van der Waals surface area contributed by atoms with Crippen LogP contribution < -0.4 is 15.4 Å². The van der Waals surface area contributed by atoms with E-state index < -0.39 is 6.61 Å². The average Bonchev–Trinajstić information content (AvgIpc) is 3.41. The molecule has 2 N–H and O–H groups in total. The number of nitrogens with zero attached hydrogens (tertiary/aromatic N) is 1. The van der Waals surface area contributed by atoms with Gasteiger partial charge in [-0.3, -0.25) is 4.79 Å². The molecule has 2 fully saturated rings. The molecule has 0 unspecified atom stereocenters. The van der Waals surface area contributed by atoms with Gasteiger partial charge in [0, 0.05) is 30.7 Å². The fraction of sp³-hybridized carbons (Fsp3) is 0.529. The molecule has 1 saturated carbocycles. The predicted octanol–water partition coefficient (Wildman–Crippen LogP) is 2.81. The van der Waals surface area contributed by atoms with E-state index in [0.29, 0.717) is 18.8 Å². The van der Waals surface area contributed by atoms with Gasteiger partial charge in [0.15, 0.2) is 0 Å². The van der Waals surface area contributed by atoms with E-state index >= 15 is 0 Å². The fourth-order valence-electron chi connectivity index (χ4n) is 2.90. The van der Waals surface area contributed by atoms with E-state index in [0.717, 1.165) is 25.7 Å². The molecule has 1 saturated heterocycles. The second-order valence-electron chi connectivity index (χ2n) is 6.38. The highest BCUT2D eigenvalue weighted by Gasteiger charge is 2.35. The summed E-state index contributed by atoms with van der Waals surface area (Å²) in [5.41, 5.74) is 0.487. The number of rotatable bonds is 5. The third-order valence-electron chi connectivity index (χ3n) is 4.41. The van der Waals surface area contributed by atoms with Crippen LogP contribution in [0.3, 0.4) is 0 Å². The van der Waals surface area contributed by atoms with E-state index in [1.165, 1.54) is 24.3 Å². The Kier molecular flexibility index (Phi) is 5.35. The number of nitrogens with one attached hydrogen (secondary N) is 2. The van der Waals surface area contributed by atoms with Gasteiger partial charge in [0.25, 0.3) is 0 Å². The summed E-state index contributed by atoms with van der Waals surface area (Å²) in [7, 11) is 0. The maximum atomic E-state index is 12.1. The molecule has 0 radical (unpaired) electrons. The van der Waals surface area contributed by atoms with E-state index in [1.807, 2.05) is 4.90 Å². The molecule has 2 aliphatic rings. The average molecular weight is 353 g/mol. The summed E-state index contributed by atoms with van der Waals surface area (Å²) in [6.45, 7) is -1.54. The molecule has 1 aliphatic heterocycles. The largest absolute Gasteiger partial charge is 0.435 e. The van der Waals surface area contributed by atoms with Crippen molar-refractivity contribution < 1.29 is 23.1 Å². The number of carbonyl (C=O) groups excluding carboxylic acids is 2. The first-order valence-electron chi connectivity index (χ1n) is 8.42. The molecule has 3 rings (SSSR count). The maximum Gasteiger partial charge on any atom is 0.387 e. The first-order chi connectivity index (χ1) is 12.0. The number of likely N-dealkylation sites (tertiary alicyclic amines) is 1. The van der Waals surface area contributed by atoms with Crippen molar-refractivity contribution in [2.75, 3.05) is 18.4 Å². The Bertz CT molecular complexity index is 612. The van der Waals surface area contributed by atoms with Gasteiger partial charge < -0.3 is 20.3 Å². The summed E-state index contributed by atoms with van der Waals surface area (Å²) in [4.78, 5) is 25.9. The van der Waals surface area contributed by atoms with Gasteiger partial charge in [-0.05, 0) is 49.9 Å². The first-order valence-corrected chi connectivity index (χ1v) is 8.42. The predicted molar refractivity (Wildman–Crippen MR) is 87.6 cm³/mol. The molecule has 0 spiro atoms. The van der Waals surface area contributed by atoms with Gasteiger partial charge in [0.1, 0.15) is 5.75 Å². The molecule has 25 heavy (non-hydrogen) atoms. The van der Waals surface area contributed by atoms with Crippen molar-refractivity contribution in [3.63, 3.8) is 0 Å². The maximum absolute atomic E-state index is 12.1. The lowest BCUT2D eigenvalue weighted by Crippen LogP contribution is -2.47. The van der Waals surface area contributed by atoms with Crippen molar-refractivity contribution in [3.05, 3.63) is 24.3 Å². The summed E-state index contributed by atoms with van der Waals surface area (Å²) >= 11 is 0. The van der Waals surface area contributed by atoms with E-state index in [-0.39, 0.29) is 29.6 Å². The second-order valence-corrected chi connectivity index (χ2v) is 6.38. The van der Waals surface area contributed by atoms with Gasteiger partial charge in [0.2, 0.25) is 5.91 Å². The minimum atomic E-state index is -2.88. The summed E-state index contributed by atoms with van der Waals surface area (Å²) in [5, 5.41) is 5.54. The van der Waals surface area contributed by atoms with Crippen LogP contribution in [0.25, 0.3) is 0 Å². The number of amides is 3.